The monoisotopic (exact) mass is 445 g/mol. The highest BCUT2D eigenvalue weighted by atomic mass is 19.1. The number of carbonyl (C=O) groups is 2. The maximum atomic E-state index is 13.9. The van der Waals surface area contributed by atoms with Crippen molar-refractivity contribution < 1.29 is 22.9 Å². The van der Waals surface area contributed by atoms with Gasteiger partial charge in [0.05, 0.1) is 6.07 Å². The van der Waals surface area contributed by atoms with Crippen molar-refractivity contribution in [3.8, 4) is 6.07 Å². The van der Waals surface area contributed by atoms with Gasteiger partial charge in [-0.05, 0) is 18.9 Å². The van der Waals surface area contributed by atoms with Crippen LogP contribution in [0.25, 0.3) is 0 Å². The molecule has 0 saturated heterocycles. The summed E-state index contributed by atoms with van der Waals surface area (Å²) in [6.07, 6.45) is 5.46. The van der Waals surface area contributed by atoms with Gasteiger partial charge in [0.1, 0.15) is 23.2 Å². The summed E-state index contributed by atoms with van der Waals surface area (Å²) in [5.74, 6) is -1.75. The molecule has 1 heterocycles. The number of nitriles is 1. The molecule has 8 nitrogen and oxygen atoms in total. The summed E-state index contributed by atoms with van der Waals surface area (Å²) >= 11 is 0. The first-order valence-electron chi connectivity index (χ1n) is 10.6. The Morgan fingerprint density at radius 2 is 1.97 bits per heavy atom. The Morgan fingerprint density at radius 3 is 2.59 bits per heavy atom. The molecule has 32 heavy (non-hydrogen) atoms. The van der Waals surface area contributed by atoms with Crippen LogP contribution >= 0.6 is 0 Å². The van der Waals surface area contributed by atoms with Crippen LogP contribution in [0.2, 0.25) is 0 Å². The van der Waals surface area contributed by atoms with E-state index in [4.69, 9.17) is 4.52 Å². The summed E-state index contributed by atoms with van der Waals surface area (Å²) in [5.41, 5.74) is -0.800. The van der Waals surface area contributed by atoms with Crippen LogP contribution in [0.4, 0.5) is 8.78 Å². The first-order chi connectivity index (χ1) is 15.3. The lowest BCUT2D eigenvalue weighted by molar-refractivity contribution is -0.122. The molecule has 1 aromatic heterocycles. The molecule has 0 aliphatic heterocycles. The molecule has 1 saturated carbocycles. The largest absolute Gasteiger partial charge is 0.343 e. The van der Waals surface area contributed by atoms with Crippen LogP contribution in [0.3, 0.4) is 0 Å². The first-order valence-corrected chi connectivity index (χ1v) is 10.6. The third-order valence-electron chi connectivity index (χ3n) is 5.54. The second-order valence-corrected chi connectivity index (χ2v) is 7.98. The van der Waals surface area contributed by atoms with Crippen molar-refractivity contribution in [3.63, 3.8) is 0 Å². The third-order valence-corrected chi connectivity index (χ3v) is 5.54. The zero-order chi connectivity index (χ0) is 23.1. The Kier molecular flexibility index (Phi) is 7.51. The Balaban J connectivity index is 1.64. The average Bonchev–Trinajstić information content (AvgIpc) is 3.11. The maximum absolute atomic E-state index is 13.9. The molecule has 0 radical (unpaired) electrons. The zero-order valence-electron chi connectivity index (χ0n) is 17.8. The third kappa shape index (κ3) is 5.66. The minimum atomic E-state index is -1.25. The van der Waals surface area contributed by atoms with Crippen molar-refractivity contribution in [1.82, 2.24) is 20.8 Å². The van der Waals surface area contributed by atoms with Gasteiger partial charge in [0.25, 0.3) is 0 Å². The number of benzene rings is 1. The molecule has 2 amide bonds. The summed E-state index contributed by atoms with van der Waals surface area (Å²) in [6.45, 7) is 1.45. The molecule has 1 aliphatic rings. The van der Waals surface area contributed by atoms with E-state index < -0.39 is 29.1 Å². The molecule has 3 rings (SSSR count). The standard InChI is InChI=1S/C22H25F2N5O3/c1-14(30)28-22(10-4-2-3-5-11-22)21-27-20(32-29-21)9-8-19(31)26-18(13-25)16-7-6-15(23)12-17(16)24/h6-7,12,18H,2-5,8-11H2,1H3,(H,26,31)(H,28,30). The molecule has 10 heteroatoms. The number of amides is 2. The lowest BCUT2D eigenvalue weighted by Crippen LogP contribution is -2.45. The second-order valence-electron chi connectivity index (χ2n) is 7.98. The van der Waals surface area contributed by atoms with E-state index in [9.17, 15) is 23.6 Å². The molecule has 1 aromatic carbocycles. The second kappa shape index (κ2) is 10.3. The van der Waals surface area contributed by atoms with Gasteiger partial charge in [0.2, 0.25) is 17.7 Å². The molecule has 1 fully saturated rings. The molecular weight excluding hydrogens is 420 g/mol. The van der Waals surface area contributed by atoms with E-state index >= 15 is 0 Å². The summed E-state index contributed by atoms with van der Waals surface area (Å²) < 4.78 is 32.3. The van der Waals surface area contributed by atoms with Gasteiger partial charge in [-0.15, -0.1) is 0 Å². The van der Waals surface area contributed by atoms with Crippen LogP contribution < -0.4 is 10.6 Å². The Bertz CT molecular complexity index is 1010. The summed E-state index contributed by atoms with van der Waals surface area (Å²) in [7, 11) is 0. The predicted octanol–water partition coefficient (Wildman–Crippen LogP) is 3.35. The highest BCUT2D eigenvalue weighted by Gasteiger charge is 2.38. The fourth-order valence-corrected chi connectivity index (χ4v) is 3.99. The van der Waals surface area contributed by atoms with Crippen LogP contribution in [0.15, 0.2) is 22.7 Å². The van der Waals surface area contributed by atoms with Gasteiger partial charge in [0, 0.05) is 31.4 Å². The SMILES string of the molecule is CC(=O)NC1(c2noc(CCC(=O)NC(C#N)c3ccc(F)cc3F)n2)CCCCCC1. The lowest BCUT2D eigenvalue weighted by atomic mass is 9.89. The van der Waals surface area contributed by atoms with Crippen molar-refractivity contribution in [2.45, 2.75) is 69.9 Å². The van der Waals surface area contributed by atoms with Crippen LogP contribution in [0, 0.1) is 23.0 Å². The summed E-state index contributed by atoms with van der Waals surface area (Å²) in [5, 5.41) is 18.7. The van der Waals surface area contributed by atoms with Gasteiger partial charge >= 0.3 is 0 Å². The molecule has 1 atom stereocenters. The first kappa shape index (κ1) is 23.3. The molecule has 0 spiro atoms. The molecular formula is C22H25F2N5O3. The predicted molar refractivity (Wildman–Crippen MR) is 109 cm³/mol. The normalized spacial score (nSPS) is 16.4. The number of carbonyl (C=O) groups excluding carboxylic acids is 2. The highest BCUT2D eigenvalue weighted by Crippen LogP contribution is 2.34. The number of hydrogen-bond donors (Lipinski definition) is 2. The molecule has 1 aliphatic carbocycles. The van der Waals surface area contributed by atoms with Gasteiger partial charge in [-0.3, -0.25) is 9.59 Å². The quantitative estimate of drug-likeness (QED) is 0.631. The fraction of sp³-hybridized carbons (Fsp3) is 0.500. The number of nitrogens with zero attached hydrogens (tertiary/aromatic N) is 3. The maximum Gasteiger partial charge on any atom is 0.227 e. The van der Waals surface area contributed by atoms with Crippen molar-refractivity contribution in [2.24, 2.45) is 0 Å². The smallest absolute Gasteiger partial charge is 0.227 e. The minimum Gasteiger partial charge on any atom is -0.343 e. The topological polar surface area (TPSA) is 121 Å². The molecule has 0 bridgehead atoms. The number of rotatable bonds is 7. The summed E-state index contributed by atoms with van der Waals surface area (Å²) in [4.78, 5) is 28.5. The zero-order valence-corrected chi connectivity index (χ0v) is 17.8. The van der Waals surface area contributed by atoms with Crippen molar-refractivity contribution in [2.75, 3.05) is 0 Å². The van der Waals surface area contributed by atoms with Crippen LogP contribution in [-0.2, 0) is 21.5 Å². The number of aryl methyl sites for hydroxylation is 1. The van der Waals surface area contributed by atoms with Crippen LogP contribution in [0.5, 0.6) is 0 Å². The number of halogens is 2. The van der Waals surface area contributed by atoms with E-state index in [1.165, 1.54) is 6.92 Å². The molecule has 2 aromatic rings. The van der Waals surface area contributed by atoms with E-state index in [1.54, 1.807) is 6.07 Å². The number of aromatic nitrogens is 2. The highest BCUT2D eigenvalue weighted by molar-refractivity contribution is 5.77. The van der Waals surface area contributed by atoms with Crippen LogP contribution in [0.1, 0.15) is 75.2 Å². The average molecular weight is 445 g/mol. The van der Waals surface area contributed by atoms with Crippen molar-refractivity contribution >= 4 is 11.8 Å². The van der Waals surface area contributed by atoms with Gasteiger partial charge in [-0.1, -0.05) is 36.9 Å². The van der Waals surface area contributed by atoms with Crippen LogP contribution in [-0.4, -0.2) is 22.0 Å². The fourth-order valence-electron chi connectivity index (χ4n) is 3.99. The van der Waals surface area contributed by atoms with E-state index in [0.717, 1.165) is 37.8 Å². The minimum absolute atomic E-state index is 0.0736. The summed E-state index contributed by atoms with van der Waals surface area (Å²) in [6, 6.07) is 3.34. The number of hydrogen-bond acceptors (Lipinski definition) is 6. The molecule has 2 N–H and O–H groups in total. The Labute approximate surface area is 184 Å². The molecule has 1 unspecified atom stereocenters. The van der Waals surface area contributed by atoms with E-state index in [1.807, 2.05) is 0 Å². The van der Waals surface area contributed by atoms with Gasteiger partial charge < -0.3 is 15.2 Å². The number of nitrogens with one attached hydrogen (secondary N) is 2. The Hall–Kier alpha value is -3.35. The molecule has 170 valence electrons. The van der Waals surface area contributed by atoms with Crippen molar-refractivity contribution in [1.29, 1.82) is 5.26 Å². The Morgan fingerprint density at radius 1 is 1.25 bits per heavy atom. The van der Waals surface area contributed by atoms with E-state index in [0.29, 0.717) is 24.7 Å². The van der Waals surface area contributed by atoms with Gasteiger partial charge in [0.15, 0.2) is 5.82 Å². The van der Waals surface area contributed by atoms with Gasteiger partial charge in [-0.25, -0.2) is 8.78 Å². The van der Waals surface area contributed by atoms with Crippen molar-refractivity contribution in [3.05, 3.63) is 47.1 Å². The lowest BCUT2D eigenvalue weighted by Gasteiger charge is -2.30. The van der Waals surface area contributed by atoms with E-state index in [2.05, 4.69) is 20.8 Å². The van der Waals surface area contributed by atoms with E-state index in [-0.39, 0.29) is 30.2 Å². The van der Waals surface area contributed by atoms with Gasteiger partial charge in [-0.2, -0.15) is 10.2 Å².